The van der Waals surface area contributed by atoms with Gasteiger partial charge in [0.1, 0.15) is 18.1 Å². The average Bonchev–Trinajstić information content (AvgIpc) is 2.71. The summed E-state index contributed by atoms with van der Waals surface area (Å²) < 4.78 is 38.0. The molecule has 33 heavy (non-hydrogen) atoms. The Labute approximate surface area is 206 Å². The predicted molar refractivity (Wildman–Crippen MR) is 133 cm³/mol. The Morgan fingerprint density at radius 1 is 1.06 bits per heavy atom. The molecule has 0 aromatic heterocycles. The van der Waals surface area contributed by atoms with Gasteiger partial charge in [-0.1, -0.05) is 55.1 Å². The summed E-state index contributed by atoms with van der Waals surface area (Å²) in [7, 11) is -3.62. The zero-order valence-electron chi connectivity index (χ0n) is 19.2. The van der Waals surface area contributed by atoms with Crippen LogP contribution in [0.25, 0.3) is 0 Å². The van der Waals surface area contributed by atoms with Crippen LogP contribution in [0.3, 0.4) is 0 Å². The molecule has 6 nitrogen and oxygen atoms in total. The van der Waals surface area contributed by atoms with E-state index < -0.39 is 15.9 Å². The Hall–Kier alpha value is -1.96. The number of halogens is 2. The van der Waals surface area contributed by atoms with Crippen LogP contribution in [0.2, 0.25) is 10.0 Å². The number of ether oxygens (including phenoxy) is 2. The number of rotatable bonds is 13. The third-order valence-electron chi connectivity index (χ3n) is 4.72. The predicted octanol–water partition coefficient (Wildman–Crippen LogP) is 5.93. The van der Waals surface area contributed by atoms with Gasteiger partial charge in [-0.25, -0.2) is 8.42 Å². The smallest absolute Gasteiger partial charge is 0.234 e. The van der Waals surface area contributed by atoms with E-state index in [2.05, 4.69) is 4.72 Å². The van der Waals surface area contributed by atoms with E-state index in [-0.39, 0.29) is 24.9 Å². The number of carbonyl (C=O) groups excluding carboxylic acids is 1. The molecule has 0 aliphatic heterocycles. The van der Waals surface area contributed by atoms with Crippen LogP contribution in [-0.4, -0.2) is 26.2 Å². The van der Waals surface area contributed by atoms with Crippen LogP contribution in [0, 0.1) is 0 Å². The molecule has 1 N–H and O–H groups in total. The van der Waals surface area contributed by atoms with Crippen LogP contribution >= 0.6 is 23.2 Å². The summed E-state index contributed by atoms with van der Waals surface area (Å²) in [6, 6.07) is 10.5. The first kappa shape index (κ1) is 27.3. The van der Waals surface area contributed by atoms with Crippen molar-refractivity contribution in [2.45, 2.75) is 65.6 Å². The molecule has 0 bridgehead atoms. The van der Waals surface area contributed by atoms with Gasteiger partial charge in [-0.05, 0) is 50.5 Å². The van der Waals surface area contributed by atoms with Crippen LogP contribution in [0.5, 0.6) is 11.5 Å². The molecule has 2 aromatic carbocycles. The van der Waals surface area contributed by atoms with E-state index in [1.54, 1.807) is 30.3 Å². The van der Waals surface area contributed by atoms with Crippen molar-refractivity contribution in [2.24, 2.45) is 0 Å². The van der Waals surface area contributed by atoms with Crippen LogP contribution in [0.4, 0.5) is 0 Å². The first-order valence-corrected chi connectivity index (χ1v) is 13.4. The summed E-state index contributed by atoms with van der Waals surface area (Å²) in [6.07, 6.45) is 2.54. The third kappa shape index (κ3) is 9.82. The molecule has 2 aromatic rings. The second-order valence-corrected chi connectivity index (χ2v) is 10.7. The Morgan fingerprint density at radius 2 is 1.79 bits per heavy atom. The quantitative estimate of drug-likeness (QED) is 0.334. The number of hydrogen-bond donors (Lipinski definition) is 1. The summed E-state index contributed by atoms with van der Waals surface area (Å²) >= 11 is 12.2. The first-order valence-electron chi connectivity index (χ1n) is 11.0. The molecule has 0 saturated carbocycles. The van der Waals surface area contributed by atoms with Gasteiger partial charge < -0.3 is 9.47 Å². The van der Waals surface area contributed by atoms with Crippen molar-refractivity contribution >= 4 is 39.1 Å². The van der Waals surface area contributed by atoms with E-state index in [4.69, 9.17) is 32.7 Å². The molecule has 0 fully saturated rings. The van der Waals surface area contributed by atoms with Crippen LogP contribution in [0.1, 0.15) is 57.6 Å². The second-order valence-electron chi connectivity index (χ2n) is 8.01. The summed E-state index contributed by atoms with van der Waals surface area (Å²) in [4.78, 5) is 12.3. The highest BCUT2D eigenvalue weighted by Crippen LogP contribution is 2.29. The highest BCUT2D eigenvalue weighted by Gasteiger charge is 2.16. The van der Waals surface area contributed by atoms with Gasteiger partial charge in [0, 0.05) is 28.1 Å². The van der Waals surface area contributed by atoms with Gasteiger partial charge in [0.25, 0.3) is 0 Å². The molecule has 0 heterocycles. The fraction of sp³-hybridized carbons (Fsp3) is 0.458. The van der Waals surface area contributed by atoms with E-state index in [0.717, 1.165) is 24.0 Å². The second kappa shape index (κ2) is 13.1. The van der Waals surface area contributed by atoms with Crippen molar-refractivity contribution in [3.63, 3.8) is 0 Å². The van der Waals surface area contributed by atoms with Crippen LogP contribution in [-0.2, 0) is 27.8 Å². The Morgan fingerprint density at radius 3 is 2.45 bits per heavy atom. The van der Waals surface area contributed by atoms with Gasteiger partial charge in [-0.15, -0.1) is 0 Å². The van der Waals surface area contributed by atoms with Crippen molar-refractivity contribution in [1.82, 2.24) is 4.72 Å². The van der Waals surface area contributed by atoms with E-state index >= 15 is 0 Å². The van der Waals surface area contributed by atoms with E-state index in [0.29, 0.717) is 34.4 Å². The molecular weight excluding hydrogens is 485 g/mol. The van der Waals surface area contributed by atoms with Crippen molar-refractivity contribution in [3.8, 4) is 11.5 Å². The van der Waals surface area contributed by atoms with Crippen molar-refractivity contribution < 1.29 is 22.7 Å². The standard InChI is InChI=1S/C24H31Cl2NO5S/c1-4-5-6-13-33(29,30)27-24(28)12-9-18-8-11-21(32-17(2)3)15-23(18)31-16-19-7-10-20(25)14-22(19)26/h7-8,10-11,14-15,17H,4-6,9,12-13,16H2,1-3H3,(H,27,28). The maximum atomic E-state index is 12.3. The molecule has 9 heteroatoms. The SMILES string of the molecule is CCCCCS(=O)(=O)NC(=O)CCc1ccc(OC(C)C)cc1OCc1ccc(Cl)cc1Cl. The fourth-order valence-corrected chi connectivity index (χ4v) is 4.68. The lowest BCUT2D eigenvalue weighted by Crippen LogP contribution is -2.32. The largest absolute Gasteiger partial charge is 0.491 e. The summed E-state index contributed by atoms with van der Waals surface area (Å²) in [6.45, 7) is 6.04. The zero-order valence-corrected chi connectivity index (χ0v) is 21.5. The van der Waals surface area contributed by atoms with Crippen molar-refractivity contribution in [3.05, 3.63) is 57.6 Å². The van der Waals surface area contributed by atoms with E-state index in [1.165, 1.54) is 0 Å². The van der Waals surface area contributed by atoms with Gasteiger partial charge in [0.2, 0.25) is 15.9 Å². The molecule has 1 amide bonds. The van der Waals surface area contributed by atoms with E-state index in [9.17, 15) is 13.2 Å². The molecule has 0 unspecified atom stereocenters. The van der Waals surface area contributed by atoms with Crippen LogP contribution in [0.15, 0.2) is 36.4 Å². The average molecular weight is 516 g/mol. The summed E-state index contributed by atoms with van der Waals surface area (Å²) in [5.74, 6) is 0.580. The molecular formula is C24H31Cl2NO5S. The lowest BCUT2D eigenvalue weighted by molar-refractivity contribution is -0.119. The Balaban J connectivity index is 2.09. The molecule has 0 saturated heterocycles. The molecule has 2 rings (SSSR count). The van der Waals surface area contributed by atoms with Crippen molar-refractivity contribution in [1.29, 1.82) is 0 Å². The zero-order chi connectivity index (χ0) is 24.4. The van der Waals surface area contributed by atoms with Crippen molar-refractivity contribution in [2.75, 3.05) is 5.75 Å². The highest BCUT2D eigenvalue weighted by atomic mass is 35.5. The van der Waals surface area contributed by atoms with Gasteiger partial charge in [-0.2, -0.15) is 0 Å². The van der Waals surface area contributed by atoms with E-state index in [1.807, 2.05) is 26.8 Å². The molecule has 0 radical (unpaired) electrons. The number of sulfonamides is 1. The number of amides is 1. The molecule has 0 aliphatic rings. The number of carbonyl (C=O) groups is 1. The molecule has 0 atom stereocenters. The normalized spacial score (nSPS) is 11.5. The fourth-order valence-electron chi connectivity index (χ4n) is 3.08. The highest BCUT2D eigenvalue weighted by molar-refractivity contribution is 7.90. The van der Waals surface area contributed by atoms with Crippen LogP contribution < -0.4 is 14.2 Å². The molecule has 0 aliphatic carbocycles. The van der Waals surface area contributed by atoms with Gasteiger partial charge in [0.15, 0.2) is 0 Å². The first-order chi connectivity index (χ1) is 15.6. The van der Waals surface area contributed by atoms with Gasteiger partial charge in [-0.3, -0.25) is 9.52 Å². The van der Waals surface area contributed by atoms with Gasteiger partial charge in [0.05, 0.1) is 11.9 Å². The third-order valence-corrected chi connectivity index (χ3v) is 6.67. The monoisotopic (exact) mass is 515 g/mol. The lowest BCUT2D eigenvalue weighted by atomic mass is 10.1. The Bertz CT molecular complexity index is 1040. The number of unbranched alkanes of at least 4 members (excludes halogenated alkanes) is 2. The Kier molecular flexibility index (Phi) is 10.8. The lowest BCUT2D eigenvalue weighted by Gasteiger charge is -2.16. The maximum Gasteiger partial charge on any atom is 0.234 e. The maximum absolute atomic E-state index is 12.3. The number of aryl methyl sites for hydroxylation is 1. The topological polar surface area (TPSA) is 81.7 Å². The minimum Gasteiger partial charge on any atom is -0.491 e. The summed E-state index contributed by atoms with van der Waals surface area (Å²) in [5.41, 5.74) is 1.52. The molecule has 0 spiro atoms. The number of benzene rings is 2. The minimum atomic E-state index is -3.62. The summed E-state index contributed by atoms with van der Waals surface area (Å²) in [5, 5.41) is 1.03. The number of hydrogen-bond acceptors (Lipinski definition) is 5. The molecule has 182 valence electrons. The number of nitrogens with one attached hydrogen (secondary N) is 1. The van der Waals surface area contributed by atoms with Gasteiger partial charge >= 0.3 is 0 Å². The minimum absolute atomic E-state index is 0.00938.